The minimum Gasteiger partial charge on any atom is -0.286 e. The molecule has 0 N–H and O–H groups in total. The molecule has 0 aliphatic carbocycles. The largest absolute Gasteiger partial charge is 0.330 e. The Kier molecular flexibility index (Phi) is 4.83. The first-order chi connectivity index (χ1) is 14.3. The van der Waals surface area contributed by atoms with E-state index in [9.17, 15) is 4.79 Å². The Morgan fingerprint density at radius 2 is 1.50 bits per heavy atom. The Morgan fingerprint density at radius 3 is 2.10 bits per heavy atom. The number of anilines is 2. The number of nitrogens with zero attached hydrogens (tertiary/aromatic N) is 3. The van der Waals surface area contributed by atoms with Crippen molar-refractivity contribution >= 4 is 17.4 Å². The maximum atomic E-state index is 13.8. The molecule has 0 saturated carbocycles. The lowest BCUT2D eigenvalue weighted by molar-refractivity contribution is 0.254. The number of hydrogen-bond acceptors (Lipinski definition) is 2. The average molecular weight is 396 g/mol. The topological polar surface area (TPSA) is 47.3 Å². The molecule has 3 aromatic rings. The molecule has 3 aromatic carbocycles. The van der Waals surface area contributed by atoms with Crippen molar-refractivity contribution in [1.29, 1.82) is 5.26 Å². The number of carbonyl (C=O) groups excluding carboxylic acids is 1. The van der Waals surface area contributed by atoms with E-state index >= 15 is 0 Å². The van der Waals surface area contributed by atoms with Crippen molar-refractivity contribution in [2.24, 2.45) is 0 Å². The van der Waals surface area contributed by atoms with Crippen LogP contribution in [-0.2, 0) is 0 Å². The Labute approximate surface area is 178 Å². The van der Waals surface area contributed by atoms with Crippen LogP contribution in [0.25, 0.3) is 0 Å². The lowest BCUT2D eigenvalue weighted by Crippen LogP contribution is -2.43. The second kappa shape index (κ2) is 7.35. The molecule has 4 rings (SSSR count). The van der Waals surface area contributed by atoms with Crippen molar-refractivity contribution in [3.05, 3.63) is 95.1 Å². The third-order valence-corrected chi connectivity index (χ3v) is 5.83. The van der Waals surface area contributed by atoms with Gasteiger partial charge in [0.1, 0.15) is 0 Å². The van der Waals surface area contributed by atoms with Crippen LogP contribution in [0.2, 0.25) is 0 Å². The minimum absolute atomic E-state index is 0.0694. The van der Waals surface area contributed by atoms with Crippen molar-refractivity contribution in [3.63, 3.8) is 0 Å². The molecule has 150 valence electrons. The molecule has 0 aromatic heterocycles. The quantitative estimate of drug-likeness (QED) is 0.535. The zero-order valence-electron chi connectivity index (χ0n) is 17.8. The first-order valence-corrected chi connectivity index (χ1v) is 10.1. The molecule has 1 heterocycles. The van der Waals surface area contributed by atoms with Gasteiger partial charge in [0.15, 0.2) is 0 Å². The molecule has 30 heavy (non-hydrogen) atoms. The van der Waals surface area contributed by atoms with E-state index in [1.807, 2.05) is 59.2 Å². The minimum atomic E-state index is -0.510. The molecule has 1 atom stereocenters. The fourth-order valence-electron chi connectivity index (χ4n) is 4.39. The van der Waals surface area contributed by atoms with Crippen molar-refractivity contribution < 1.29 is 4.79 Å². The molecule has 0 radical (unpaired) electrons. The van der Waals surface area contributed by atoms with Gasteiger partial charge in [0.25, 0.3) is 0 Å². The van der Waals surface area contributed by atoms with E-state index in [0.29, 0.717) is 5.56 Å². The first kappa shape index (κ1) is 19.7. The summed E-state index contributed by atoms with van der Waals surface area (Å²) in [6.07, 6.45) is 0. The van der Waals surface area contributed by atoms with Gasteiger partial charge in [0, 0.05) is 11.4 Å². The fourth-order valence-corrected chi connectivity index (χ4v) is 4.39. The van der Waals surface area contributed by atoms with Crippen molar-refractivity contribution in [2.45, 2.75) is 39.3 Å². The van der Waals surface area contributed by atoms with Crippen molar-refractivity contribution in [2.75, 3.05) is 9.80 Å². The lowest BCUT2D eigenvalue weighted by atomic mass is 9.87. The molecular weight excluding hydrogens is 370 g/mol. The van der Waals surface area contributed by atoms with Gasteiger partial charge in [-0.25, -0.2) is 4.79 Å². The summed E-state index contributed by atoms with van der Waals surface area (Å²) in [6.45, 7) is 8.32. The van der Waals surface area contributed by atoms with Gasteiger partial charge < -0.3 is 0 Å². The zero-order chi connectivity index (χ0) is 21.5. The summed E-state index contributed by atoms with van der Waals surface area (Å²) >= 11 is 0. The van der Waals surface area contributed by atoms with E-state index in [2.05, 4.69) is 45.0 Å². The Morgan fingerprint density at radius 1 is 0.867 bits per heavy atom. The number of benzene rings is 3. The third kappa shape index (κ3) is 3.23. The second-order valence-electron chi connectivity index (χ2n) is 8.45. The molecule has 1 fully saturated rings. The monoisotopic (exact) mass is 395 g/mol. The van der Waals surface area contributed by atoms with E-state index in [1.165, 1.54) is 0 Å². The molecule has 1 aliphatic heterocycles. The lowest BCUT2D eigenvalue weighted by Gasteiger charge is -2.35. The Hall–Kier alpha value is -3.58. The van der Waals surface area contributed by atoms with E-state index in [4.69, 9.17) is 5.26 Å². The van der Waals surface area contributed by atoms with Gasteiger partial charge >= 0.3 is 6.03 Å². The summed E-state index contributed by atoms with van der Waals surface area (Å²) in [4.78, 5) is 17.6. The molecule has 4 heteroatoms. The molecule has 2 amide bonds. The van der Waals surface area contributed by atoms with Gasteiger partial charge in [0.05, 0.1) is 23.2 Å². The SMILES string of the molecule is Cc1ccc(N2C(=O)N(c3ccc(C#N)cc3)C(C)(C)[C@H]2c2cccc(C)c2)cc1. The van der Waals surface area contributed by atoms with Crippen LogP contribution in [0.4, 0.5) is 16.2 Å². The average Bonchev–Trinajstić information content (AvgIpc) is 2.94. The van der Waals surface area contributed by atoms with Crippen LogP contribution < -0.4 is 9.80 Å². The number of rotatable bonds is 3. The number of carbonyl (C=O) groups is 1. The van der Waals surface area contributed by atoms with Crippen LogP contribution in [0.5, 0.6) is 0 Å². The Balaban J connectivity index is 1.89. The molecule has 0 unspecified atom stereocenters. The van der Waals surface area contributed by atoms with Crippen LogP contribution in [-0.4, -0.2) is 11.6 Å². The summed E-state index contributed by atoms with van der Waals surface area (Å²) in [5.41, 5.74) is 5.15. The Bertz CT molecular complexity index is 1120. The fraction of sp³-hybridized carbons (Fsp3) is 0.231. The standard InChI is InChI=1S/C26H25N3O/c1-18-8-12-22(13-9-18)28-24(21-7-5-6-19(2)16-21)26(3,4)29(25(28)30)23-14-10-20(17-27)11-15-23/h5-16,24H,1-4H3/t24-/m1/s1. The summed E-state index contributed by atoms with van der Waals surface area (Å²) in [7, 11) is 0. The predicted octanol–water partition coefficient (Wildman–Crippen LogP) is 6.14. The van der Waals surface area contributed by atoms with Crippen LogP contribution in [0.15, 0.2) is 72.8 Å². The number of urea groups is 1. The van der Waals surface area contributed by atoms with Crippen LogP contribution in [0.3, 0.4) is 0 Å². The summed E-state index contributed by atoms with van der Waals surface area (Å²) in [5.74, 6) is 0. The van der Waals surface area contributed by atoms with Gasteiger partial charge in [-0.05, 0) is 69.7 Å². The van der Waals surface area contributed by atoms with E-state index in [0.717, 1.165) is 28.1 Å². The van der Waals surface area contributed by atoms with Crippen molar-refractivity contribution in [1.82, 2.24) is 0 Å². The van der Waals surface area contributed by atoms with Gasteiger partial charge in [-0.1, -0.05) is 47.5 Å². The highest BCUT2D eigenvalue weighted by atomic mass is 16.2. The maximum absolute atomic E-state index is 13.8. The van der Waals surface area contributed by atoms with Crippen LogP contribution in [0.1, 0.15) is 42.1 Å². The van der Waals surface area contributed by atoms with E-state index in [1.54, 1.807) is 12.1 Å². The highest BCUT2D eigenvalue weighted by molar-refractivity contribution is 6.08. The summed E-state index contributed by atoms with van der Waals surface area (Å²) in [5, 5.41) is 9.14. The molecule has 4 nitrogen and oxygen atoms in total. The second-order valence-corrected chi connectivity index (χ2v) is 8.45. The number of hydrogen-bond donors (Lipinski definition) is 0. The van der Waals surface area contributed by atoms with Gasteiger partial charge in [-0.3, -0.25) is 9.80 Å². The number of amides is 2. The highest BCUT2D eigenvalue weighted by Crippen LogP contribution is 2.47. The maximum Gasteiger partial charge on any atom is 0.330 e. The molecule has 0 bridgehead atoms. The summed E-state index contributed by atoms with van der Waals surface area (Å²) in [6, 6.07) is 25.6. The van der Waals surface area contributed by atoms with Crippen LogP contribution in [0, 0.1) is 25.2 Å². The molecule has 0 spiro atoms. The molecule has 1 saturated heterocycles. The normalized spacial score (nSPS) is 17.8. The summed E-state index contributed by atoms with van der Waals surface area (Å²) < 4.78 is 0. The molecule has 1 aliphatic rings. The van der Waals surface area contributed by atoms with E-state index < -0.39 is 5.54 Å². The van der Waals surface area contributed by atoms with Crippen LogP contribution >= 0.6 is 0 Å². The van der Waals surface area contributed by atoms with Gasteiger partial charge in [-0.2, -0.15) is 5.26 Å². The van der Waals surface area contributed by atoms with Gasteiger partial charge in [-0.15, -0.1) is 0 Å². The van der Waals surface area contributed by atoms with Crippen molar-refractivity contribution in [3.8, 4) is 6.07 Å². The van der Waals surface area contributed by atoms with E-state index in [-0.39, 0.29) is 12.1 Å². The number of aryl methyl sites for hydroxylation is 2. The highest BCUT2D eigenvalue weighted by Gasteiger charge is 2.53. The number of nitriles is 1. The predicted molar refractivity (Wildman–Crippen MR) is 121 cm³/mol. The first-order valence-electron chi connectivity index (χ1n) is 10.1. The molecular formula is C26H25N3O. The third-order valence-electron chi connectivity index (χ3n) is 5.83. The zero-order valence-corrected chi connectivity index (χ0v) is 17.8. The van der Waals surface area contributed by atoms with Gasteiger partial charge in [0.2, 0.25) is 0 Å². The smallest absolute Gasteiger partial charge is 0.286 e.